The minimum Gasteiger partial charge on any atom is -0.335 e. The first-order valence-electron chi connectivity index (χ1n) is 7.12. The first kappa shape index (κ1) is 16.6. The Hall–Kier alpha value is -1.77. The molecule has 0 unspecified atom stereocenters. The van der Waals surface area contributed by atoms with Gasteiger partial charge in [0.2, 0.25) is 15.9 Å². The van der Waals surface area contributed by atoms with Gasteiger partial charge < -0.3 is 5.32 Å². The van der Waals surface area contributed by atoms with E-state index in [2.05, 4.69) is 0 Å². The van der Waals surface area contributed by atoms with Crippen molar-refractivity contribution in [1.29, 1.82) is 0 Å². The number of quaternary nitrogens is 1. The van der Waals surface area contributed by atoms with E-state index in [0.717, 1.165) is 5.56 Å². The summed E-state index contributed by atoms with van der Waals surface area (Å²) < 4.78 is 22.3. The molecule has 0 radical (unpaired) electrons. The second-order valence-corrected chi connectivity index (χ2v) is 6.81. The number of likely N-dealkylation sites (tertiary alicyclic amines) is 1. The lowest BCUT2D eigenvalue weighted by Crippen LogP contribution is -2.92. The summed E-state index contributed by atoms with van der Waals surface area (Å²) in [4.78, 5) is 24.9. The third-order valence-corrected chi connectivity index (χ3v) is 4.66. The van der Waals surface area contributed by atoms with Crippen molar-refractivity contribution in [2.24, 2.45) is 5.14 Å². The van der Waals surface area contributed by atoms with Crippen LogP contribution in [0, 0.1) is 0 Å². The van der Waals surface area contributed by atoms with Crippen LogP contribution in [0.5, 0.6) is 0 Å². The Morgan fingerprint density at radius 3 is 2.41 bits per heavy atom. The van der Waals surface area contributed by atoms with E-state index in [-0.39, 0.29) is 29.2 Å². The molecule has 8 heteroatoms. The molecule has 1 fully saturated rings. The molecule has 0 bridgehead atoms. The first-order chi connectivity index (χ1) is 10.3. The number of hydrogen-bond acceptors (Lipinski definition) is 4. The molecule has 0 spiro atoms. The van der Waals surface area contributed by atoms with Gasteiger partial charge in [-0.05, 0) is 24.6 Å². The highest BCUT2D eigenvalue weighted by Gasteiger charge is 2.39. The van der Waals surface area contributed by atoms with Gasteiger partial charge in [-0.1, -0.05) is 12.1 Å². The molecular weight excluding hydrogens is 306 g/mol. The van der Waals surface area contributed by atoms with E-state index in [9.17, 15) is 18.0 Å². The predicted octanol–water partition coefficient (Wildman–Crippen LogP) is -1.41. The molecule has 0 aliphatic carbocycles. The highest BCUT2D eigenvalue weighted by molar-refractivity contribution is 7.89. The predicted molar refractivity (Wildman–Crippen MR) is 79.1 cm³/mol. The van der Waals surface area contributed by atoms with Crippen molar-refractivity contribution in [3.8, 4) is 0 Å². The number of carbonyl (C=O) groups excluding carboxylic acids is 2. The van der Waals surface area contributed by atoms with E-state index in [1.54, 1.807) is 19.1 Å². The minimum absolute atomic E-state index is 0.0791. The number of nitrogens with two attached hydrogens (primary N) is 2. The zero-order valence-electron chi connectivity index (χ0n) is 12.4. The molecule has 7 nitrogen and oxygen atoms in total. The van der Waals surface area contributed by atoms with Crippen LogP contribution in [0.2, 0.25) is 0 Å². The molecule has 1 aliphatic heterocycles. The van der Waals surface area contributed by atoms with Crippen LogP contribution in [0.4, 0.5) is 0 Å². The molecule has 1 atom stereocenters. The average molecular weight is 326 g/mol. The van der Waals surface area contributed by atoms with Crippen LogP contribution in [0.15, 0.2) is 29.2 Å². The fourth-order valence-corrected chi connectivity index (χ4v) is 3.04. The van der Waals surface area contributed by atoms with Gasteiger partial charge in [-0.3, -0.25) is 14.5 Å². The summed E-state index contributed by atoms with van der Waals surface area (Å²) in [5.74, 6) is -0.247. The lowest BCUT2D eigenvalue weighted by Gasteiger charge is -2.11. The molecule has 1 saturated heterocycles. The molecule has 1 aromatic carbocycles. The molecule has 0 aromatic heterocycles. The average Bonchev–Trinajstić information content (AvgIpc) is 2.72. The number of carbonyl (C=O) groups is 2. The van der Waals surface area contributed by atoms with Crippen molar-refractivity contribution in [1.82, 2.24) is 4.90 Å². The van der Waals surface area contributed by atoms with Crippen LogP contribution < -0.4 is 10.5 Å². The second-order valence-electron chi connectivity index (χ2n) is 5.25. The highest BCUT2D eigenvalue weighted by Crippen LogP contribution is 2.10. The Bertz CT molecular complexity index is 670. The SMILES string of the molecule is CCN1C(=O)C[C@@H]([NH2+]CCc2ccc(S(N)(=O)=O)cc2)C1=O. The molecule has 1 aliphatic rings. The number of benzene rings is 1. The molecule has 2 rings (SSSR count). The number of nitrogens with zero attached hydrogens (tertiary/aromatic N) is 1. The highest BCUT2D eigenvalue weighted by atomic mass is 32.2. The summed E-state index contributed by atoms with van der Waals surface area (Å²) in [7, 11) is -3.67. The summed E-state index contributed by atoms with van der Waals surface area (Å²) in [6.07, 6.45) is 0.923. The van der Waals surface area contributed by atoms with Crippen molar-refractivity contribution in [3.05, 3.63) is 29.8 Å². The normalized spacial score (nSPS) is 19.0. The molecular formula is C14H20N3O4S+. The summed E-state index contributed by atoms with van der Waals surface area (Å²) in [5, 5.41) is 6.90. The Morgan fingerprint density at radius 2 is 1.91 bits per heavy atom. The Balaban J connectivity index is 1.87. The van der Waals surface area contributed by atoms with Gasteiger partial charge >= 0.3 is 0 Å². The van der Waals surface area contributed by atoms with E-state index in [4.69, 9.17) is 5.14 Å². The maximum absolute atomic E-state index is 11.9. The van der Waals surface area contributed by atoms with Crippen LogP contribution in [0.25, 0.3) is 0 Å². The largest absolute Gasteiger partial charge is 0.335 e. The van der Waals surface area contributed by atoms with Crippen LogP contribution in [0.3, 0.4) is 0 Å². The van der Waals surface area contributed by atoms with Crippen molar-refractivity contribution in [2.45, 2.75) is 30.7 Å². The van der Waals surface area contributed by atoms with Gasteiger partial charge in [0.05, 0.1) is 17.9 Å². The number of hydrogen-bond donors (Lipinski definition) is 2. The third-order valence-electron chi connectivity index (χ3n) is 3.73. The maximum atomic E-state index is 11.9. The van der Waals surface area contributed by atoms with Gasteiger partial charge in [-0.2, -0.15) is 0 Å². The Morgan fingerprint density at radius 1 is 1.27 bits per heavy atom. The first-order valence-corrected chi connectivity index (χ1v) is 8.67. The number of imide groups is 1. The summed E-state index contributed by atoms with van der Waals surface area (Å²) >= 11 is 0. The van der Waals surface area contributed by atoms with Crippen molar-refractivity contribution in [2.75, 3.05) is 13.1 Å². The van der Waals surface area contributed by atoms with Crippen LogP contribution in [0.1, 0.15) is 18.9 Å². The van der Waals surface area contributed by atoms with Crippen LogP contribution in [-0.4, -0.2) is 44.3 Å². The molecule has 22 heavy (non-hydrogen) atoms. The fourth-order valence-electron chi connectivity index (χ4n) is 2.52. The number of amides is 2. The lowest BCUT2D eigenvalue weighted by molar-refractivity contribution is -0.674. The van der Waals surface area contributed by atoms with E-state index in [1.165, 1.54) is 17.0 Å². The summed E-state index contributed by atoms with van der Waals surface area (Å²) in [6, 6.07) is 6.00. The Kier molecular flexibility index (Phi) is 4.94. The maximum Gasteiger partial charge on any atom is 0.287 e. The molecule has 120 valence electrons. The standard InChI is InChI=1S/C14H19N3O4S/c1-2-17-13(18)9-12(14(17)19)16-8-7-10-3-5-11(6-4-10)22(15,20)21/h3-6,12,16H,2,7-9H2,1H3,(H2,15,20,21)/p+1/t12-/m1/s1. The molecule has 4 N–H and O–H groups in total. The van der Waals surface area contributed by atoms with E-state index in [1.807, 2.05) is 5.32 Å². The molecule has 1 aromatic rings. The van der Waals surface area contributed by atoms with Gasteiger partial charge in [-0.25, -0.2) is 13.6 Å². The van der Waals surface area contributed by atoms with Gasteiger partial charge in [0.15, 0.2) is 6.04 Å². The van der Waals surface area contributed by atoms with E-state index >= 15 is 0 Å². The third kappa shape index (κ3) is 3.70. The second kappa shape index (κ2) is 6.55. The van der Waals surface area contributed by atoms with Crippen molar-refractivity contribution < 1.29 is 23.3 Å². The van der Waals surface area contributed by atoms with Crippen LogP contribution in [-0.2, 0) is 26.0 Å². The molecule has 0 saturated carbocycles. The number of sulfonamides is 1. The number of primary sulfonamides is 1. The van der Waals surface area contributed by atoms with Gasteiger partial charge in [0, 0.05) is 13.0 Å². The zero-order valence-corrected chi connectivity index (χ0v) is 13.2. The van der Waals surface area contributed by atoms with Crippen molar-refractivity contribution >= 4 is 21.8 Å². The van der Waals surface area contributed by atoms with E-state index in [0.29, 0.717) is 19.5 Å². The quantitative estimate of drug-likeness (QED) is 0.625. The monoisotopic (exact) mass is 326 g/mol. The molecule has 2 amide bonds. The number of rotatable bonds is 6. The Labute approximate surface area is 129 Å². The van der Waals surface area contributed by atoms with Crippen LogP contribution >= 0.6 is 0 Å². The van der Waals surface area contributed by atoms with Crippen molar-refractivity contribution in [3.63, 3.8) is 0 Å². The van der Waals surface area contributed by atoms with E-state index < -0.39 is 10.0 Å². The smallest absolute Gasteiger partial charge is 0.287 e. The fraction of sp³-hybridized carbons (Fsp3) is 0.429. The summed E-state index contributed by atoms with van der Waals surface area (Å²) in [5.41, 5.74) is 0.952. The van der Waals surface area contributed by atoms with Gasteiger partial charge in [-0.15, -0.1) is 0 Å². The zero-order chi connectivity index (χ0) is 16.3. The molecule has 1 heterocycles. The topological polar surface area (TPSA) is 114 Å². The van der Waals surface area contributed by atoms with Gasteiger partial charge in [0.1, 0.15) is 0 Å². The minimum atomic E-state index is -3.67. The summed E-state index contributed by atoms with van der Waals surface area (Å²) in [6.45, 7) is 2.85. The number of likely N-dealkylation sites (N-methyl/N-ethyl adjacent to an activating group) is 1. The van der Waals surface area contributed by atoms with Gasteiger partial charge in [0.25, 0.3) is 5.91 Å². The lowest BCUT2D eigenvalue weighted by atomic mass is 10.1.